The van der Waals surface area contributed by atoms with Gasteiger partial charge in [0.05, 0.1) is 10.4 Å². The van der Waals surface area contributed by atoms with Gasteiger partial charge in [0.25, 0.3) is 11.8 Å². The molecule has 0 spiro atoms. The number of fused-ring (bicyclic) bond motifs is 1. The van der Waals surface area contributed by atoms with E-state index in [2.05, 4.69) is 20.4 Å². The van der Waals surface area contributed by atoms with Crippen molar-refractivity contribution in [1.82, 2.24) is 20.2 Å². The first kappa shape index (κ1) is 26.7. The molecule has 4 heterocycles. The van der Waals surface area contributed by atoms with Crippen LogP contribution in [0.4, 0.5) is 5.13 Å². The van der Waals surface area contributed by atoms with E-state index in [0.717, 1.165) is 11.3 Å². The second-order valence-electron chi connectivity index (χ2n) is 6.57. The number of rotatable bonds is 7. The molecule has 16 heteroatoms. The van der Waals surface area contributed by atoms with Gasteiger partial charge < -0.3 is 21.0 Å². The number of carbonyl (C=O) groups is 3. The standard InChI is InChI=1S/C18H15ClN6O5S3.Na.H/c1-30-24-10(8-5-32-18(20)22-8)14(26)23-11-15(27)25-12(17(28)29)7(4-31-16(11)25)2-3-9-13(19)21-6-33-9;;/h2-3,5-6,11,16H,4H2,1H3,(H2,20,22)(H,23,26)(H,28,29);;/b3-2+,24-10+;;/t11?,16-;;/m1../s1. The van der Waals surface area contributed by atoms with Gasteiger partial charge in [-0.3, -0.25) is 14.5 Å². The van der Waals surface area contributed by atoms with E-state index in [1.54, 1.807) is 17.7 Å². The Balaban J connectivity index is 0.00000324. The number of nitrogens with one attached hydrogen (secondary N) is 1. The molecule has 2 aromatic rings. The number of allylic oxidation sites excluding steroid dienone is 1. The number of β-lactam (4-membered cyclic amide) rings is 1. The number of carboxylic acids is 1. The summed E-state index contributed by atoms with van der Waals surface area (Å²) in [5.41, 5.74) is 7.58. The van der Waals surface area contributed by atoms with Gasteiger partial charge in [0.2, 0.25) is 0 Å². The number of nitrogens with two attached hydrogens (primary N) is 1. The zero-order valence-corrected chi connectivity index (χ0v) is 19.9. The number of thiazole rings is 2. The van der Waals surface area contributed by atoms with Crippen molar-refractivity contribution in [2.75, 3.05) is 18.6 Å². The maximum absolute atomic E-state index is 12.8. The number of anilines is 1. The molecule has 0 radical (unpaired) electrons. The van der Waals surface area contributed by atoms with E-state index >= 15 is 0 Å². The van der Waals surface area contributed by atoms with Crippen molar-refractivity contribution in [3.05, 3.63) is 44.0 Å². The molecule has 0 bridgehead atoms. The van der Waals surface area contributed by atoms with E-state index in [0.29, 0.717) is 21.4 Å². The van der Waals surface area contributed by atoms with Crippen LogP contribution in [0.2, 0.25) is 5.15 Å². The fraction of sp³-hybridized carbons (Fsp3) is 0.222. The van der Waals surface area contributed by atoms with Gasteiger partial charge in [-0.25, -0.2) is 14.8 Å². The summed E-state index contributed by atoms with van der Waals surface area (Å²) in [7, 11) is 1.27. The first-order valence-corrected chi connectivity index (χ1v) is 12.3. The van der Waals surface area contributed by atoms with Crippen molar-refractivity contribution in [2.45, 2.75) is 11.4 Å². The summed E-state index contributed by atoms with van der Waals surface area (Å²) in [6, 6.07) is -0.934. The molecule has 174 valence electrons. The number of nitrogens with zero attached hydrogens (tertiary/aromatic N) is 4. The molecule has 2 atom stereocenters. The van der Waals surface area contributed by atoms with Gasteiger partial charge in [-0.1, -0.05) is 22.8 Å². The number of carbonyl (C=O) groups excluding carboxylic acids is 2. The molecule has 34 heavy (non-hydrogen) atoms. The van der Waals surface area contributed by atoms with Crippen LogP contribution in [0.15, 0.2) is 33.4 Å². The number of aliphatic carboxylic acids is 1. The predicted octanol–water partition coefficient (Wildman–Crippen LogP) is 0.989. The van der Waals surface area contributed by atoms with Gasteiger partial charge in [-0.15, -0.1) is 34.4 Å². The quantitative estimate of drug-likeness (QED) is 0.198. The third-order valence-electron chi connectivity index (χ3n) is 4.63. The zero-order chi connectivity index (χ0) is 23.7. The molecule has 1 unspecified atom stereocenters. The van der Waals surface area contributed by atoms with Crippen LogP contribution in [0.3, 0.4) is 0 Å². The third-order valence-corrected chi connectivity index (χ3v) is 7.82. The molecule has 1 saturated heterocycles. The maximum atomic E-state index is 12.8. The number of carboxylic acid groups (broad SMARTS) is 1. The normalized spacial score (nSPS) is 20.0. The SMILES string of the molecule is CO/N=C(/C(=O)NC1C(=O)N2C(C(=O)O)=C(/C=C/c3scnc3Cl)CS[C@H]12)c1csc(N)n1.[NaH]. The number of hydrogen-bond acceptors (Lipinski definition) is 11. The Kier molecular flexibility index (Phi) is 8.78. The van der Waals surface area contributed by atoms with Crippen LogP contribution in [0, 0.1) is 0 Å². The zero-order valence-electron chi connectivity index (χ0n) is 16.7. The van der Waals surface area contributed by atoms with Crippen molar-refractivity contribution in [3.63, 3.8) is 0 Å². The van der Waals surface area contributed by atoms with Crippen molar-refractivity contribution < 1.29 is 24.3 Å². The second kappa shape index (κ2) is 11.2. The van der Waals surface area contributed by atoms with Gasteiger partial charge in [0, 0.05) is 11.1 Å². The van der Waals surface area contributed by atoms with E-state index in [1.807, 2.05) is 0 Å². The average molecular weight is 551 g/mol. The molecule has 1 fully saturated rings. The van der Waals surface area contributed by atoms with Gasteiger partial charge >= 0.3 is 35.5 Å². The first-order chi connectivity index (χ1) is 15.8. The van der Waals surface area contributed by atoms with E-state index in [4.69, 9.17) is 22.2 Å². The van der Waals surface area contributed by atoms with Crippen molar-refractivity contribution in [3.8, 4) is 0 Å². The fourth-order valence-corrected chi connectivity index (χ4v) is 5.94. The minimum atomic E-state index is -1.24. The Morgan fingerprint density at radius 1 is 1.41 bits per heavy atom. The van der Waals surface area contributed by atoms with E-state index in [1.165, 1.54) is 40.5 Å². The number of nitrogen functional groups attached to an aromatic ring is 1. The molecule has 4 rings (SSSR count). The van der Waals surface area contributed by atoms with Crippen LogP contribution in [0.25, 0.3) is 6.08 Å². The van der Waals surface area contributed by atoms with Gasteiger partial charge in [-0.05, 0) is 11.6 Å². The van der Waals surface area contributed by atoms with Gasteiger partial charge in [-0.2, -0.15) is 0 Å². The van der Waals surface area contributed by atoms with Crippen molar-refractivity contribution >= 4 is 110 Å². The Morgan fingerprint density at radius 3 is 2.76 bits per heavy atom. The summed E-state index contributed by atoms with van der Waals surface area (Å²) < 4.78 is 0. The molecular formula is C18H16ClN6NaO5S3. The summed E-state index contributed by atoms with van der Waals surface area (Å²) in [4.78, 5) is 52.1. The monoisotopic (exact) mass is 550 g/mol. The molecule has 2 amide bonds. The summed E-state index contributed by atoms with van der Waals surface area (Å²) in [6.45, 7) is 0. The molecule has 0 saturated carbocycles. The number of aromatic nitrogens is 2. The predicted molar refractivity (Wildman–Crippen MR) is 133 cm³/mol. The second-order valence-corrected chi connectivity index (χ2v) is 9.81. The Labute approximate surface area is 232 Å². The number of hydrogen-bond donors (Lipinski definition) is 3. The molecule has 11 nitrogen and oxygen atoms in total. The van der Waals surface area contributed by atoms with Gasteiger partial charge in [0.15, 0.2) is 10.8 Å². The van der Waals surface area contributed by atoms with Crippen molar-refractivity contribution in [1.29, 1.82) is 0 Å². The molecule has 2 aliphatic rings. The molecule has 0 aromatic carbocycles. The minimum absolute atomic E-state index is 0. The molecular weight excluding hydrogens is 535 g/mol. The summed E-state index contributed by atoms with van der Waals surface area (Å²) in [6.07, 6.45) is 3.27. The van der Waals surface area contributed by atoms with Crippen LogP contribution >= 0.6 is 46.0 Å². The summed E-state index contributed by atoms with van der Waals surface area (Å²) in [5.74, 6) is -2.16. The van der Waals surface area contributed by atoms with E-state index in [9.17, 15) is 19.5 Å². The molecule has 2 aromatic heterocycles. The molecule has 4 N–H and O–H groups in total. The third kappa shape index (κ3) is 5.17. The van der Waals surface area contributed by atoms with Crippen LogP contribution < -0.4 is 11.1 Å². The number of oxime groups is 1. The number of halogens is 1. The topological polar surface area (TPSA) is 160 Å². The Hall–Kier alpha value is -1.94. The fourth-order valence-electron chi connectivity index (χ4n) is 3.20. The molecule has 2 aliphatic heterocycles. The summed E-state index contributed by atoms with van der Waals surface area (Å²) in [5, 5.41) is 17.6. The van der Waals surface area contributed by atoms with Crippen LogP contribution in [0.1, 0.15) is 10.6 Å². The van der Waals surface area contributed by atoms with Crippen LogP contribution in [-0.4, -0.2) is 97.3 Å². The average Bonchev–Trinajstić information content (AvgIpc) is 3.40. The number of thioether (sulfide) groups is 1. The first-order valence-electron chi connectivity index (χ1n) is 9.13. The van der Waals surface area contributed by atoms with Crippen molar-refractivity contribution in [2.24, 2.45) is 5.16 Å². The summed E-state index contributed by atoms with van der Waals surface area (Å²) >= 11 is 9.74. The van der Waals surface area contributed by atoms with E-state index < -0.39 is 29.2 Å². The van der Waals surface area contributed by atoms with Gasteiger partial charge in [0.1, 0.15) is 35.1 Å². The number of amides is 2. The van der Waals surface area contributed by atoms with Crippen LogP contribution in [0.5, 0.6) is 0 Å². The Bertz CT molecular complexity index is 1230. The van der Waals surface area contributed by atoms with Crippen LogP contribution in [-0.2, 0) is 19.2 Å². The van der Waals surface area contributed by atoms with E-state index in [-0.39, 0.29) is 51.8 Å². The molecule has 0 aliphatic carbocycles. The Morgan fingerprint density at radius 2 is 2.18 bits per heavy atom.